The van der Waals surface area contributed by atoms with Crippen LogP contribution in [0.1, 0.15) is 19.4 Å². The summed E-state index contributed by atoms with van der Waals surface area (Å²) < 4.78 is 0. The molecule has 1 aromatic rings. The van der Waals surface area contributed by atoms with E-state index in [1.54, 1.807) is 0 Å². The van der Waals surface area contributed by atoms with E-state index in [1.165, 1.54) is 5.56 Å². The molecule has 22 heavy (non-hydrogen) atoms. The highest BCUT2D eigenvalue weighted by Gasteiger charge is 2.20. The largest absolute Gasteiger partial charge is 0.334 e. The van der Waals surface area contributed by atoms with Gasteiger partial charge in [0.15, 0.2) is 0 Å². The monoisotopic (exact) mass is 289 g/mol. The second-order valence-corrected chi connectivity index (χ2v) is 5.49. The van der Waals surface area contributed by atoms with E-state index in [-0.39, 0.29) is 6.04 Å². The molecule has 1 aromatic carbocycles. The van der Waals surface area contributed by atoms with Gasteiger partial charge in [0.05, 0.1) is 0 Å². The van der Waals surface area contributed by atoms with Crippen LogP contribution in [0.15, 0.2) is 91.2 Å². The third-order valence-corrected chi connectivity index (χ3v) is 3.66. The van der Waals surface area contributed by atoms with Crippen molar-refractivity contribution in [3.8, 4) is 0 Å². The summed E-state index contributed by atoms with van der Waals surface area (Å²) in [5.74, 6) is 0. The molecule has 0 amide bonds. The molecule has 0 aliphatic carbocycles. The first-order valence-electron chi connectivity index (χ1n) is 7.47. The molecule has 0 saturated heterocycles. The van der Waals surface area contributed by atoms with Gasteiger partial charge in [0.25, 0.3) is 0 Å². The lowest BCUT2D eigenvalue weighted by molar-refractivity contribution is 0.818. The van der Waals surface area contributed by atoms with Crippen molar-refractivity contribution in [3.05, 3.63) is 96.8 Å². The number of anilines is 1. The maximum absolute atomic E-state index is 3.96. The minimum Gasteiger partial charge on any atom is -0.334 e. The van der Waals surface area contributed by atoms with Crippen molar-refractivity contribution in [2.75, 3.05) is 4.90 Å². The molecule has 0 radical (unpaired) electrons. The van der Waals surface area contributed by atoms with E-state index in [4.69, 9.17) is 0 Å². The number of allylic oxidation sites excluding steroid dienone is 6. The summed E-state index contributed by atoms with van der Waals surface area (Å²) in [4.78, 5) is 2.27. The van der Waals surface area contributed by atoms with Crippen molar-refractivity contribution in [3.63, 3.8) is 0 Å². The van der Waals surface area contributed by atoms with Gasteiger partial charge in [0.2, 0.25) is 0 Å². The van der Waals surface area contributed by atoms with E-state index in [1.807, 2.05) is 25.2 Å². The summed E-state index contributed by atoms with van der Waals surface area (Å²) >= 11 is 0. The van der Waals surface area contributed by atoms with Crippen LogP contribution in [0, 0.1) is 0 Å². The van der Waals surface area contributed by atoms with Crippen LogP contribution in [0.5, 0.6) is 0 Å². The average molecular weight is 289 g/mol. The van der Waals surface area contributed by atoms with Gasteiger partial charge in [0.1, 0.15) is 0 Å². The summed E-state index contributed by atoms with van der Waals surface area (Å²) in [5, 5.41) is 0. The van der Waals surface area contributed by atoms with Crippen molar-refractivity contribution < 1.29 is 0 Å². The number of hydrogen-bond acceptors (Lipinski definition) is 1. The minimum absolute atomic E-state index is 0.286. The molecular formula is C21H23N. The Morgan fingerprint density at radius 2 is 1.82 bits per heavy atom. The zero-order valence-corrected chi connectivity index (χ0v) is 13.4. The molecule has 1 nitrogen and oxygen atoms in total. The van der Waals surface area contributed by atoms with Crippen molar-refractivity contribution in [2.24, 2.45) is 0 Å². The first-order valence-corrected chi connectivity index (χ1v) is 7.47. The summed E-state index contributed by atoms with van der Waals surface area (Å²) in [6.07, 6.45) is 12.1. The minimum atomic E-state index is 0.286. The van der Waals surface area contributed by atoms with Crippen LogP contribution in [0.4, 0.5) is 5.69 Å². The Kier molecular flexibility index (Phi) is 5.00. The van der Waals surface area contributed by atoms with Crippen molar-refractivity contribution >= 4 is 11.8 Å². The third-order valence-electron chi connectivity index (χ3n) is 3.66. The molecule has 0 fully saturated rings. The van der Waals surface area contributed by atoms with E-state index in [2.05, 4.69) is 74.1 Å². The lowest BCUT2D eigenvalue weighted by Crippen LogP contribution is -2.33. The fourth-order valence-electron chi connectivity index (χ4n) is 2.52. The summed E-state index contributed by atoms with van der Waals surface area (Å²) in [6.45, 7) is 15.9. The highest BCUT2D eigenvalue weighted by atomic mass is 15.2. The van der Waals surface area contributed by atoms with Crippen molar-refractivity contribution in [1.82, 2.24) is 0 Å². The van der Waals surface area contributed by atoms with Crippen LogP contribution < -0.4 is 4.90 Å². The highest BCUT2D eigenvalue weighted by molar-refractivity contribution is 5.64. The lowest BCUT2D eigenvalue weighted by atomic mass is 10.0. The van der Waals surface area contributed by atoms with E-state index in [0.717, 1.165) is 22.5 Å². The number of rotatable bonds is 5. The second kappa shape index (κ2) is 6.95. The van der Waals surface area contributed by atoms with Gasteiger partial charge in [-0.2, -0.15) is 0 Å². The Labute approximate surface area is 134 Å². The molecule has 0 aromatic heterocycles. The predicted molar refractivity (Wildman–Crippen MR) is 98.8 cm³/mol. The molecular weight excluding hydrogens is 266 g/mol. The van der Waals surface area contributed by atoms with Crippen LogP contribution >= 0.6 is 0 Å². The van der Waals surface area contributed by atoms with Crippen LogP contribution in [0.3, 0.4) is 0 Å². The topological polar surface area (TPSA) is 3.24 Å². The number of nitrogens with zero attached hydrogens (tertiary/aromatic N) is 1. The predicted octanol–water partition coefficient (Wildman–Crippen LogP) is 5.67. The Hall–Kier alpha value is -2.54. The first kappa shape index (κ1) is 15.8. The van der Waals surface area contributed by atoms with Crippen LogP contribution in [-0.4, -0.2) is 6.04 Å². The molecule has 1 heterocycles. The second-order valence-electron chi connectivity index (χ2n) is 5.49. The smallest absolute Gasteiger partial charge is 0.0497 e. The molecule has 1 aliphatic heterocycles. The first-order chi connectivity index (χ1) is 10.6. The Morgan fingerprint density at radius 1 is 1.14 bits per heavy atom. The molecule has 0 spiro atoms. The molecule has 0 saturated carbocycles. The molecule has 1 atom stereocenters. The fraction of sp³-hybridized carbons (Fsp3) is 0.143. The molecule has 112 valence electrons. The van der Waals surface area contributed by atoms with E-state index >= 15 is 0 Å². The molecule has 0 N–H and O–H groups in total. The van der Waals surface area contributed by atoms with Gasteiger partial charge in [-0.25, -0.2) is 0 Å². The van der Waals surface area contributed by atoms with Crippen molar-refractivity contribution in [1.29, 1.82) is 0 Å². The maximum Gasteiger partial charge on any atom is 0.0497 e. The Bertz CT molecular complexity index is 668. The molecule has 1 aliphatic rings. The van der Waals surface area contributed by atoms with Crippen molar-refractivity contribution in [2.45, 2.75) is 19.9 Å². The normalized spacial score (nSPS) is 17.9. The van der Waals surface area contributed by atoms with E-state index in [9.17, 15) is 0 Å². The Balaban J connectivity index is 2.36. The summed E-state index contributed by atoms with van der Waals surface area (Å²) in [5.41, 5.74) is 5.56. The van der Waals surface area contributed by atoms with Gasteiger partial charge in [-0.15, -0.1) is 0 Å². The SMILES string of the molecule is C=CC1=C(C=C)N(c2ccc(/C=C/C(=C)C)cc2)C(C)C=C1. The van der Waals surface area contributed by atoms with Gasteiger partial charge < -0.3 is 4.90 Å². The maximum atomic E-state index is 3.96. The third kappa shape index (κ3) is 3.37. The Morgan fingerprint density at radius 3 is 2.36 bits per heavy atom. The van der Waals surface area contributed by atoms with E-state index in [0.29, 0.717) is 0 Å². The quantitative estimate of drug-likeness (QED) is 0.631. The van der Waals surface area contributed by atoms with Gasteiger partial charge in [-0.05, 0) is 43.2 Å². The average Bonchev–Trinajstić information content (AvgIpc) is 2.53. The van der Waals surface area contributed by atoms with Gasteiger partial charge in [0, 0.05) is 17.4 Å². The van der Waals surface area contributed by atoms with Gasteiger partial charge in [-0.1, -0.05) is 67.8 Å². The molecule has 1 heteroatoms. The summed E-state index contributed by atoms with van der Waals surface area (Å²) in [6, 6.07) is 8.80. The highest BCUT2D eigenvalue weighted by Crippen LogP contribution is 2.30. The van der Waals surface area contributed by atoms with E-state index < -0.39 is 0 Å². The lowest BCUT2D eigenvalue weighted by Gasteiger charge is -2.34. The summed E-state index contributed by atoms with van der Waals surface area (Å²) in [7, 11) is 0. The zero-order valence-electron chi connectivity index (χ0n) is 13.4. The molecule has 0 bridgehead atoms. The van der Waals surface area contributed by atoms with Gasteiger partial charge >= 0.3 is 0 Å². The van der Waals surface area contributed by atoms with Crippen LogP contribution in [-0.2, 0) is 0 Å². The number of benzene rings is 1. The molecule has 2 rings (SSSR count). The zero-order chi connectivity index (χ0) is 16.1. The van der Waals surface area contributed by atoms with Crippen LogP contribution in [0.25, 0.3) is 6.08 Å². The van der Waals surface area contributed by atoms with Crippen LogP contribution in [0.2, 0.25) is 0 Å². The number of hydrogen-bond donors (Lipinski definition) is 0. The van der Waals surface area contributed by atoms with Gasteiger partial charge in [-0.3, -0.25) is 0 Å². The fourth-order valence-corrected chi connectivity index (χ4v) is 2.52. The molecule has 1 unspecified atom stereocenters. The standard InChI is InChI=1S/C21H23N/c1-6-19-13-9-17(5)22(21(19)7-2)20-14-11-18(12-15-20)10-8-16(3)4/h6-15,17H,1-3H2,4-5H3/b10-8+.